The van der Waals surface area contributed by atoms with Crippen LogP contribution in [0.4, 0.5) is 5.69 Å². The number of hydrogen-bond acceptors (Lipinski definition) is 5. The number of carbonyl (C=O) groups is 1. The molecule has 0 spiro atoms. The molecule has 19 heavy (non-hydrogen) atoms. The highest BCUT2D eigenvalue weighted by Crippen LogP contribution is 2.14. The third kappa shape index (κ3) is 2.72. The van der Waals surface area contributed by atoms with E-state index in [4.69, 9.17) is 5.73 Å². The van der Waals surface area contributed by atoms with Crippen molar-refractivity contribution in [1.82, 2.24) is 29.9 Å². The summed E-state index contributed by atoms with van der Waals surface area (Å²) in [6.07, 6.45) is 1.59. The molecule has 2 rings (SSSR count). The first-order valence-corrected chi connectivity index (χ1v) is 5.88. The van der Waals surface area contributed by atoms with Crippen molar-refractivity contribution in [3.63, 3.8) is 0 Å². The van der Waals surface area contributed by atoms with Crippen molar-refractivity contribution < 1.29 is 4.79 Å². The third-order valence-electron chi connectivity index (χ3n) is 2.98. The van der Waals surface area contributed by atoms with Gasteiger partial charge in [-0.2, -0.15) is 5.10 Å². The van der Waals surface area contributed by atoms with Crippen LogP contribution >= 0.6 is 0 Å². The summed E-state index contributed by atoms with van der Waals surface area (Å²) in [6.45, 7) is 4.13. The third-order valence-corrected chi connectivity index (χ3v) is 2.98. The van der Waals surface area contributed by atoms with Gasteiger partial charge in [-0.1, -0.05) is 0 Å². The lowest BCUT2D eigenvalue weighted by atomic mass is 10.3. The first kappa shape index (κ1) is 13.1. The van der Waals surface area contributed by atoms with Gasteiger partial charge in [-0.05, 0) is 13.8 Å². The monoisotopic (exact) mass is 263 g/mol. The summed E-state index contributed by atoms with van der Waals surface area (Å²) < 4.78 is 3.35. The number of hydrogen-bond donors (Lipinski definition) is 2. The molecule has 0 aliphatic rings. The molecule has 102 valence electrons. The summed E-state index contributed by atoms with van der Waals surface area (Å²) in [5.74, 6) is 0.551. The van der Waals surface area contributed by atoms with E-state index in [9.17, 15) is 4.79 Å². The van der Waals surface area contributed by atoms with Crippen molar-refractivity contribution in [1.29, 1.82) is 0 Å². The molecule has 0 radical (unpaired) electrons. The summed E-state index contributed by atoms with van der Waals surface area (Å²) in [5, 5.41) is 14.6. The standard InChI is InChI=1S/C11H17N7O/c1-7-11(12)8(2)18(16-7)5-10(19)13-4-9-15-14-6-17(9)3/h6H,4-5,12H2,1-3H3,(H,13,19). The van der Waals surface area contributed by atoms with Gasteiger partial charge in [-0.3, -0.25) is 9.48 Å². The van der Waals surface area contributed by atoms with Gasteiger partial charge in [0.1, 0.15) is 12.9 Å². The predicted molar refractivity (Wildman–Crippen MR) is 69.0 cm³/mol. The minimum atomic E-state index is -0.145. The zero-order valence-corrected chi connectivity index (χ0v) is 11.2. The molecule has 0 aliphatic carbocycles. The molecule has 0 unspecified atom stereocenters. The maximum absolute atomic E-state index is 11.8. The Bertz CT molecular complexity index is 598. The van der Waals surface area contributed by atoms with Gasteiger partial charge in [0.2, 0.25) is 5.91 Å². The van der Waals surface area contributed by atoms with Crippen molar-refractivity contribution >= 4 is 11.6 Å². The SMILES string of the molecule is Cc1nn(CC(=O)NCc2nncn2C)c(C)c1N. The first-order chi connectivity index (χ1) is 8.99. The minimum absolute atomic E-state index is 0.141. The average molecular weight is 263 g/mol. The Kier molecular flexibility index (Phi) is 3.50. The number of anilines is 1. The molecule has 8 nitrogen and oxygen atoms in total. The highest BCUT2D eigenvalue weighted by atomic mass is 16.2. The number of nitrogens with zero attached hydrogens (tertiary/aromatic N) is 5. The Morgan fingerprint density at radius 2 is 2.21 bits per heavy atom. The second kappa shape index (κ2) is 5.09. The molecule has 0 aromatic carbocycles. The average Bonchev–Trinajstić information content (AvgIpc) is 2.87. The van der Waals surface area contributed by atoms with E-state index in [1.54, 1.807) is 15.6 Å². The molecule has 2 aromatic rings. The smallest absolute Gasteiger partial charge is 0.242 e. The summed E-state index contributed by atoms with van der Waals surface area (Å²) in [6, 6.07) is 0. The van der Waals surface area contributed by atoms with Crippen molar-refractivity contribution in [2.45, 2.75) is 26.9 Å². The second-order valence-electron chi connectivity index (χ2n) is 4.38. The molecular formula is C11H17N7O. The van der Waals surface area contributed by atoms with Gasteiger partial charge >= 0.3 is 0 Å². The Balaban J connectivity index is 1.94. The van der Waals surface area contributed by atoms with Crippen molar-refractivity contribution in [3.8, 4) is 0 Å². The highest BCUT2D eigenvalue weighted by Gasteiger charge is 2.11. The number of carbonyl (C=O) groups excluding carboxylic acids is 1. The lowest BCUT2D eigenvalue weighted by molar-refractivity contribution is -0.122. The molecule has 1 amide bonds. The molecule has 0 fully saturated rings. The minimum Gasteiger partial charge on any atom is -0.396 e. The molecule has 0 atom stereocenters. The van der Waals surface area contributed by atoms with E-state index in [1.165, 1.54) is 0 Å². The topological polar surface area (TPSA) is 104 Å². The van der Waals surface area contributed by atoms with Crippen LogP contribution in [0.1, 0.15) is 17.2 Å². The van der Waals surface area contributed by atoms with Gasteiger partial charge in [0.15, 0.2) is 5.82 Å². The van der Waals surface area contributed by atoms with Crippen LogP contribution in [0.25, 0.3) is 0 Å². The van der Waals surface area contributed by atoms with E-state index < -0.39 is 0 Å². The van der Waals surface area contributed by atoms with E-state index in [2.05, 4.69) is 20.6 Å². The normalized spacial score (nSPS) is 10.7. The molecule has 2 aromatic heterocycles. The van der Waals surface area contributed by atoms with Gasteiger partial charge in [0.25, 0.3) is 0 Å². The van der Waals surface area contributed by atoms with Crippen LogP contribution in [-0.2, 0) is 24.9 Å². The summed E-state index contributed by atoms with van der Waals surface area (Å²) in [7, 11) is 1.82. The van der Waals surface area contributed by atoms with Gasteiger partial charge < -0.3 is 15.6 Å². The van der Waals surface area contributed by atoms with E-state index in [1.807, 2.05) is 20.9 Å². The molecule has 0 aliphatic heterocycles. The van der Waals surface area contributed by atoms with Crippen molar-refractivity contribution in [2.24, 2.45) is 7.05 Å². The predicted octanol–water partition coefficient (Wildman–Crippen LogP) is -0.473. The summed E-state index contributed by atoms with van der Waals surface area (Å²) in [5.41, 5.74) is 7.97. The number of aromatic nitrogens is 5. The van der Waals surface area contributed by atoms with Crippen LogP contribution in [0.3, 0.4) is 0 Å². The van der Waals surface area contributed by atoms with Crippen LogP contribution in [0, 0.1) is 13.8 Å². The van der Waals surface area contributed by atoms with Gasteiger partial charge in [0, 0.05) is 7.05 Å². The Morgan fingerprint density at radius 1 is 1.47 bits per heavy atom. The maximum Gasteiger partial charge on any atom is 0.242 e. The molecule has 0 saturated heterocycles. The van der Waals surface area contributed by atoms with Gasteiger partial charge in [0.05, 0.1) is 23.6 Å². The molecule has 3 N–H and O–H groups in total. The van der Waals surface area contributed by atoms with Crippen LogP contribution < -0.4 is 11.1 Å². The van der Waals surface area contributed by atoms with Crippen LogP contribution in [0.15, 0.2) is 6.33 Å². The molecule has 0 saturated carbocycles. The van der Waals surface area contributed by atoms with E-state index >= 15 is 0 Å². The number of nitrogen functional groups attached to an aromatic ring is 1. The number of nitrogens with two attached hydrogens (primary N) is 1. The number of nitrogens with one attached hydrogen (secondary N) is 1. The molecular weight excluding hydrogens is 246 g/mol. The quantitative estimate of drug-likeness (QED) is 0.776. The van der Waals surface area contributed by atoms with Crippen LogP contribution in [0.5, 0.6) is 0 Å². The Hall–Kier alpha value is -2.38. The highest BCUT2D eigenvalue weighted by molar-refractivity contribution is 5.75. The van der Waals surface area contributed by atoms with E-state index in [-0.39, 0.29) is 12.5 Å². The summed E-state index contributed by atoms with van der Waals surface area (Å²) >= 11 is 0. The molecule has 2 heterocycles. The first-order valence-electron chi connectivity index (χ1n) is 5.88. The zero-order chi connectivity index (χ0) is 14.0. The maximum atomic E-state index is 11.8. The number of rotatable bonds is 4. The number of amides is 1. The van der Waals surface area contributed by atoms with Crippen molar-refractivity contribution in [2.75, 3.05) is 5.73 Å². The Morgan fingerprint density at radius 3 is 2.74 bits per heavy atom. The zero-order valence-electron chi connectivity index (χ0n) is 11.2. The van der Waals surface area contributed by atoms with Crippen LogP contribution in [0.2, 0.25) is 0 Å². The fourth-order valence-electron chi connectivity index (χ4n) is 1.70. The van der Waals surface area contributed by atoms with Crippen molar-refractivity contribution in [3.05, 3.63) is 23.5 Å². The fourth-order valence-corrected chi connectivity index (χ4v) is 1.70. The fraction of sp³-hybridized carbons (Fsp3) is 0.455. The van der Waals surface area contributed by atoms with Gasteiger partial charge in [-0.25, -0.2) is 0 Å². The second-order valence-corrected chi connectivity index (χ2v) is 4.38. The molecule has 8 heteroatoms. The lowest BCUT2D eigenvalue weighted by Crippen LogP contribution is -2.29. The number of aryl methyl sites for hydroxylation is 2. The molecule has 0 bridgehead atoms. The van der Waals surface area contributed by atoms with E-state index in [0.29, 0.717) is 18.1 Å². The summed E-state index contributed by atoms with van der Waals surface area (Å²) in [4.78, 5) is 11.8. The van der Waals surface area contributed by atoms with E-state index in [0.717, 1.165) is 11.4 Å². The Labute approximate surface area is 110 Å². The lowest BCUT2D eigenvalue weighted by Gasteiger charge is -2.06. The van der Waals surface area contributed by atoms with Gasteiger partial charge in [-0.15, -0.1) is 10.2 Å². The largest absolute Gasteiger partial charge is 0.396 e. The van der Waals surface area contributed by atoms with Crippen LogP contribution in [-0.4, -0.2) is 30.5 Å².